The van der Waals surface area contributed by atoms with Crippen LogP contribution in [0.4, 0.5) is 0 Å². The van der Waals surface area contributed by atoms with Gasteiger partial charge in [0.1, 0.15) is 0 Å². The summed E-state index contributed by atoms with van der Waals surface area (Å²) in [7, 11) is 0. The molecule has 15 heavy (non-hydrogen) atoms. The first-order valence-electron chi connectivity index (χ1n) is 7.01. The predicted octanol–water partition coefficient (Wildman–Crippen LogP) is 3.98. The van der Waals surface area contributed by atoms with Gasteiger partial charge in [0.25, 0.3) is 0 Å². The summed E-state index contributed by atoms with van der Waals surface area (Å²) in [6.45, 7) is 8.19. The van der Waals surface area contributed by atoms with Crippen LogP contribution < -0.4 is 5.32 Å². The van der Waals surface area contributed by atoms with Crippen molar-refractivity contribution in [1.82, 2.24) is 5.32 Å². The van der Waals surface area contributed by atoms with Crippen molar-refractivity contribution in [2.75, 3.05) is 6.54 Å². The van der Waals surface area contributed by atoms with Gasteiger partial charge in [0.2, 0.25) is 0 Å². The average molecular weight is 211 g/mol. The molecule has 1 nitrogen and oxygen atoms in total. The molecule has 1 unspecified atom stereocenters. The van der Waals surface area contributed by atoms with Crippen LogP contribution >= 0.6 is 0 Å². The van der Waals surface area contributed by atoms with Crippen molar-refractivity contribution in [3.63, 3.8) is 0 Å². The van der Waals surface area contributed by atoms with E-state index in [1.807, 2.05) is 0 Å². The minimum absolute atomic E-state index is 0.808. The standard InChI is InChI=1S/C14H29N/c1-4-6-14(15-11-5-2)13-9-7-12(3)8-10-13/h12-15H,4-11H2,1-3H3. The number of nitrogens with one attached hydrogen (secondary N) is 1. The highest BCUT2D eigenvalue weighted by Gasteiger charge is 2.24. The lowest BCUT2D eigenvalue weighted by Crippen LogP contribution is -2.38. The average Bonchev–Trinajstić information content (AvgIpc) is 2.25. The molecular weight excluding hydrogens is 182 g/mol. The van der Waals surface area contributed by atoms with E-state index in [2.05, 4.69) is 26.1 Å². The fourth-order valence-electron chi connectivity index (χ4n) is 2.83. The molecule has 90 valence electrons. The molecule has 0 heterocycles. The molecule has 0 amide bonds. The molecule has 1 aliphatic carbocycles. The smallest absolute Gasteiger partial charge is 0.00952 e. The van der Waals surface area contributed by atoms with Crippen LogP contribution in [0.3, 0.4) is 0 Å². The quantitative estimate of drug-likeness (QED) is 0.700. The van der Waals surface area contributed by atoms with Gasteiger partial charge >= 0.3 is 0 Å². The van der Waals surface area contributed by atoms with Gasteiger partial charge in [-0.1, -0.05) is 40.0 Å². The summed E-state index contributed by atoms with van der Waals surface area (Å²) < 4.78 is 0. The second-order valence-corrected chi connectivity index (χ2v) is 5.37. The highest BCUT2D eigenvalue weighted by Crippen LogP contribution is 2.31. The third kappa shape index (κ3) is 4.55. The van der Waals surface area contributed by atoms with Crippen LogP contribution in [-0.2, 0) is 0 Å². The minimum atomic E-state index is 0.808. The van der Waals surface area contributed by atoms with E-state index in [1.54, 1.807) is 0 Å². The Bertz CT molecular complexity index is 147. The monoisotopic (exact) mass is 211 g/mol. The molecule has 0 aromatic carbocycles. The lowest BCUT2D eigenvalue weighted by Gasteiger charge is -2.33. The van der Waals surface area contributed by atoms with Gasteiger partial charge in [-0.25, -0.2) is 0 Å². The Morgan fingerprint density at radius 1 is 1.07 bits per heavy atom. The van der Waals surface area contributed by atoms with Crippen LogP contribution in [0.15, 0.2) is 0 Å². The first kappa shape index (κ1) is 13.0. The fourth-order valence-corrected chi connectivity index (χ4v) is 2.83. The van der Waals surface area contributed by atoms with Gasteiger partial charge in [-0.2, -0.15) is 0 Å². The number of hydrogen-bond acceptors (Lipinski definition) is 1. The van der Waals surface area contributed by atoms with E-state index in [-0.39, 0.29) is 0 Å². The van der Waals surface area contributed by atoms with E-state index in [1.165, 1.54) is 51.5 Å². The topological polar surface area (TPSA) is 12.0 Å². The molecule has 0 aromatic heterocycles. The SMILES string of the molecule is CCCNC(CCC)C1CCC(C)CC1. The van der Waals surface area contributed by atoms with Gasteiger partial charge in [-0.3, -0.25) is 0 Å². The van der Waals surface area contributed by atoms with Gasteiger partial charge in [-0.15, -0.1) is 0 Å². The molecule has 0 bridgehead atoms. The lowest BCUT2D eigenvalue weighted by atomic mass is 9.78. The van der Waals surface area contributed by atoms with Crippen molar-refractivity contribution in [2.24, 2.45) is 11.8 Å². The van der Waals surface area contributed by atoms with Gasteiger partial charge in [0, 0.05) is 6.04 Å². The van der Waals surface area contributed by atoms with Gasteiger partial charge < -0.3 is 5.32 Å². The molecule has 0 aliphatic heterocycles. The molecule has 1 atom stereocenters. The predicted molar refractivity (Wildman–Crippen MR) is 68.1 cm³/mol. The summed E-state index contributed by atoms with van der Waals surface area (Å²) in [5, 5.41) is 3.75. The Morgan fingerprint density at radius 3 is 2.27 bits per heavy atom. The highest BCUT2D eigenvalue weighted by molar-refractivity contribution is 4.80. The van der Waals surface area contributed by atoms with E-state index in [0.717, 1.165) is 17.9 Å². The van der Waals surface area contributed by atoms with Crippen molar-refractivity contribution in [3.8, 4) is 0 Å². The van der Waals surface area contributed by atoms with Crippen LogP contribution in [-0.4, -0.2) is 12.6 Å². The largest absolute Gasteiger partial charge is 0.314 e. The van der Waals surface area contributed by atoms with E-state index < -0.39 is 0 Å². The van der Waals surface area contributed by atoms with E-state index in [9.17, 15) is 0 Å². The number of rotatable bonds is 6. The summed E-state index contributed by atoms with van der Waals surface area (Å²) in [5.74, 6) is 1.95. The Hall–Kier alpha value is -0.0400. The Balaban J connectivity index is 2.33. The van der Waals surface area contributed by atoms with E-state index >= 15 is 0 Å². The lowest BCUT2D eigenvalue weighted by molar-refractivity contribution is 0.221. The van der Waals surface area contributed by atoms with Crippen molar-refractivity contribution in [1.29, 1.82) is 0 Å². The maximum absolute atomic E-state index is 3.75. The van der Waals surface area contributed by atoms with Crippen molar-refractivity contribution in [2.45, 2.75) is 71.8 Å². The molecule has 0 saturated heterocycles. The number of hydrogen-bond donors (Lipinski definition) is 1. The Morgan fingerprint density at radius 2 is 1.73 bits per heavy atom. The second-order valence-electron chi connectivity index (χ2n) is 5.37. The minimum Gasteiger partial charge on any atom is -0.314 e. The van der Waals surface area contributed by atoms with Crippen molar-refractivity contribution < 1.29 is 0 Å². The highest BCUT2D eigenvalue weighted by atomic mass is 14.9. The van der Waals surface area contributed by atoms with Crippen LogP contribution in [0.1, 0.15) is 65.7 Å². The van der Waals surface area contributed by atoms with Crippen molar-refractivity contribution >= 4 is 0 Å². The summed E-state index contributed by atoms with van der Waals surface area (Å²) >= 11 is 0. The van der Waals surface area contributed by atoms with E-state index in [0.29, 0.717) is 0 Å². The van der Waals surface area contributed by atoms with Gasteiger partial charge in [-0.05, 0) is 44.1 Å². The Labute approximate surface area is 96.0 Å². The van der Waals surface area contributed by atoms with Gasteiger partial charge in [0.15, 0.2) is 0 Å². The molecule has 1 aliphatic rings. The normalized spacial score (nSPS) is 29.0. The Kier molecular flexibility index (Phi) is 6.31. The van der Waals surface area contributed by atoms with Crippen LogP contribution in [0.5, 0.6) is 0 Å². The molecule has 0 spiro atoms. The van der Waals surface area contributed by atoms with Gasteiger partial charge in [0.05, 0.1) is 0 Å². The maximum atomic E-state index is 3.75. The third-order valence-electron chi connectivity index (χ3n) is 3.89. The van der Waals surface area contributed by atoms with Crippen LogP contribution in [0.2, 0.25) is 0 Å². The molecule has 0 aromatic rings. The zero-order valence-electron chi connectivity index (χ0n) is 10.9. The van der Waals surface area contributed by atoms with Crippen molar-refractivity contribution in [3.05, 3.63) is 0 Å². The fraction of sp³-hybridized carbons (Fsp3) is 1.00. The molecular formula is C14H29N. The molecule has 0 radical (unpaired) electrons. The molecule has 1 heteroatoms. The summed E-state index contributed by atoms with van der Waals surface area (Å²) in [6.07, 6.45) is 9.80. The third-order valence-corrected chi connectivity index (χ3v) is 3.89. The van der Waals surface area contributed by atoms with Crippen LogP contribution in [0, 0.1) is 11.8 Å². The van der Waals surface area contributed by atoms with Crippen LogP contribution in [0.25, 0.3) is 0 Å². The second kappa shape index (κ2) is 7.27. The summed E-state index contributed by atoms with van der Waals surface area (Å²) in [5.41, 5.74) is 0. The maximum Gasteiger partial charge on any atom is 0.00952 e. The first-order chi connectivity index (χ1) is 7.27. The summed E-state index contributed by atoms with van der Waals surface area (Å²) in [4.78, 5) is 0. The molecule has 1 rings (SSSR count). The zero-order valence-corrected chi connectivity index (χ0v) is 10.9. The first-order valence-corrected chi connectivity index (χ1v) is 7.01. The van der Waals surface area contributed by atoms with E-state index in [4.69, 9.17) is 0 Å². The molecule has 1 fully saturated rings. The molecule has 1 N–H and O–H groups in total. The molecule has 1 saturated carbocycles. The summed E-state index contributed by atoms with van der Waals surface area (Å²) in [6, 6.07) is 0.808. The zero-order chi connectivity index (χ0) is 11.1.